The Hall–Kier alpha value is -3.70. The summed E-state index contributed by atoms with van der Waals surface area (Å²) in [4.78, 5) is 16.5. The fourth-order valence-corrected chi connectivity index (χ4v) is 3.58. The molecule has 4 rings (SSSR count). The van der Waals surface area contributed by atoms with Gasteiger partial charge < -0.3 is 16.2 Å². The number of alkyl halides is 2. The van der Waals surface area contributed by atoms with E-state index in [1.165, 1.54) is 47.1 Å². The van der Waals surface area contributed by atoms with E-state index in [1.54, 1.807) is 0 Å². The highest BCUT2D eigenvalue weighted by Crippen LogP contribution is 2.37. The van der Waals surface area contributed by atoms with E-state index in [1.807, 2.05) is 5.32 Å². The van der Waals surface area contributed by atoms with Crippen LogP contribution in [0.4, 0.5) is 23.5 Å². The van der Waals surface area contributed by atoms with Crippen LogP contribution >= 0.6 is 11.6 Å². The molecule has 35 heavy (non-hydrogen) atoms. The molecule has 12 heteroatoms. The molecule has 0 aliphatic carbocycles. The van der Waals surface area contributed by atoms with Crippen molar-refractivity contribution in [3.05, 3.63) is 82.5 Å². The van der Waals surface area contributed by atoms with Gasteiger partial charge in [0.2, 0.25) is 5.95 Å². The van der Waals surface area contributed by atoms with Gasteiger partial charge >= 0.3 is 0 Å². The number of rotatable bonds is 6. The summed E-state index contributed by atoms with van der Waals surface area (Å²) in [6.45, 7) is -0.440. The van der Waals surface area contributed by atoms with Gasteiger partial charge in [0.25, 0.3) is 11.8 Å². The quantitative estimate of drug-likeness (QED) is 0.339. The Morgan fingerprint density at radius 2 is 1.83 bits per heavy atom. The first-order chi connectivity index (χ1) is 16.4. The predicted octanol–water partition coefficient (Wildman–Crippen LogP) is 4.18. The summed E-state index contributed by atoms with van der Waals surface area (Å²) in [7, 11) is 0. The number of halogens is 5. The Labute approximate surface area is 201 Å². The molecule has 2 aromatic carbocycles. The summed E-state index contributed by atoms with van der Waals surface area (Å²) in [5.74, 6) is -7.31. The van der Waals surface area contributed by atoms with E-state index in [9.17, 15) is 27.5 Å². The van der Waals surface area contributed by atoms with Crippen molar-refractivity contribution in [1.82, 2.24) is 19.9 Å². The minimum Gasteiger partial charge on any atom is -0.379 e. The topological polar surface area (TPSA) is 106 Å². The first-order valence-electron chi connectivity index (χ1n) is 10.1. The Balaban J connectivity index is 1.59. The van der Waals surface area contributed by atoms with Crippen LogP contribution in [-0.4, -0.2) is 38.1 Å². The average molecular weight is 508 g/mol. The molecular formula is C23H18ClF4N5O2. The highest BCUT2D eigenvalue weighted by Gasteiger charge is 2.50. The van der Waals surface area contributed by atoms with Crippen LogP contribution < -0.4 is 11.1 Å². The maximum Gasteiger partial charge on any atom is 0.296 e. The van der Waals surface area contributed by atoms with Crippen LogP contribution in [0.5, 0.6) is 0 Å². The third-order valence-corrected chi connectivity index (χ3v) is 5.81. The van der Waals surface area contributed by atoms with Crippen LogP contribution in [-0.2, 0) is 5.60 Å². The normalized spacial score (nSPS) is 13.6. The summed E-state index contributed by atoms with van der Waals surface area (Å²) in [6, 6.07) is 9.36. The van der Waals surface area contributed by atoms with Crippen LogP contribution in [0.2, 0.25) is 5.02 Å². The van der Waals surface area contributed by atoms with E-state index in [4.69, 9.17) is 17.3 Å². The van der Waals surface area contributed by atoms with Gasteiger partial charge in [0, 0.05) is 22.8 Å². The predicted molar refractivity (Wildman–Crippen MR) is 121 cm³/mol. The maximum atomic E-state index is 14.8. The monoisotopic (exact) mass is 507 g/mol. The highest BCUT2D eigenvalue weighted by molar-refractivity contribution is 6.30. The number of hydrogen-bond acceptors (Lipinski definition) is 5. The second-order valence-electron chi connectivity index (χ2n) is 7.97. The van der Waals surface area contributed by atoms with Crippen molar-refractivity contribution >= 4 is 29.1 Å². The maximum absolute atomic E-state index is 14.8. The lowest BCUT2D eigenvalue weighted by molar-refractivity contribution is -0.173. The third-order valence-electron chi connectivity index (χ3n) is 5.56. The molecule has 0 radical (unpaired) electrons. The summed E-state index contributed by atoms with van der Waals surface area (Å²) in [5.41, 5.74) is 2.40. The molecule has 0 spiro atoms. The van der Waals surface area contributed by atoms with Crippen LogP contribution in [0.1, 0.15) is 22.8 Å². The first kappa shape index (κ1) is 24.4. The van der Waals surface area contributed by atoms with Crippen molar-refractivity contribution in [2.45, 2.75) is 18.4 Å². The second kappa shape index (κ2) is 8.82. The van der Waals surface area contributed by atoms with Crippen molar-refractivity contribution in [2.24, 2.45) is 0 Å². The van der Waals surface area contributed by atoms with Crippen molar-refractivity contribution in [2.75, 3.05) is 12.3 Å². The van der Waals surface area contributed by atoms with Crippen LogP contribution in [0.25, 0.3) is 16.8 Å². The Morgan fingerprint density at radius 1 is 1.14 bits per heavy atom. The largest absolute Gasteiger partial charge is 0.379 e. The molecular weight excluding hydrogens is 490 g/mol. The van der Waals surface area contributed by atoms with E-state index in [0.717, 1.165) is 13.0 Å². The zero-order valence-electron chi connectivity index (χ0n) is 18.1. The molecule has 0 saturated heterocycles. The van der Waals surface area contributed by atoms with E-state index < -0.39 is 41.2 Å². The van der Waals surface area contributed by atoms with Crippen molar-refractivity contribution < 1.29 is 27.5 Å². The number of carbonyl (C=O) groups excluding carboxylic acids is 1. The third kappa shape index (κ3) is 4.64. The number of carbonyl (C=O) groups is 1. The number of nitrogens with one attached hydrogen (secondary N) is 1. The zero-order chi connectivity index (χ0) is 25.5. The number of nitrogen functional groups attached to an aromatic ring is 1. The van der Waals surface area contributed by atoms with E-state index in [-0.39, 0.29) is 33.3 Å². The Bertz CT molecular complexity index is 1420. The number of anilines is 1. The van der Waals surface area contributed by atoms with Gasteiger partial charge in [0.15, 0.2) is 11.2 Å². The molecule has 2 aromatic heterocycles. The number of nitrogens with two attached hydrogens (primary N) is 1. The Morgan fingerprint density at radius 3 is 2.51 bits per heavy atom. The van der Waals surface area contributed by atoms with Gasteiger partial charge in [-0.2, -0.15) is 4.98 Å². The van der Waals surface area contributed by atoms with E-state index in [2.05, 4.69) is 10.1 Å². The number of fused-ring (bicyclic) bond motifs is 1. The van der Waals surface area contributed by atoms with Crippen molar-refractivity contribution in [3.63, 3.8) is 0 Å². The zero-order valence-corrected chi connectivity index (χ0v) is 18.8. The minimum atomic E-state index is -3.85. The average Bonchev–Trinajstić information content (AvgIpc) is 3.17. The Kier molecular flexibility index (Phi) is 6.16. The minimum absolute atomic E-state index is 0.0165. The summed E-state index contributed by atoms with van der Waals surface area (Å²) >= 11 is 5.76. The van der Waals surface area contributed by atoms with E-state index >= 15 is 0 Å². The molecule has 2 heterocycles. The number of benzene rings is 2. The van der Waals surface area contributed by atoms with Crippen LogP contribution in [0, 0.1) is 11.6 Å². The number of hydrogen-bond donors (Lipinski definition) is 3. The lowest BCUT2D eigenvalue weighted by Gasteiger charge is -2.33. The van der Waals surface area contributed by atoms with Crippen molar-refractivity contribution in [1.29, 1.82) is 0 Å². The molecule has 4 aromatic rings. The lowest BCUT2D eigenvalue weighted by atomic mass is 9.89. The summed E-state index contributed by atoms with van der Waals surface area (Å²) < 4.78 is 60.0. The van der Waals surface area contributed by atoms with Gasteiger partial charge in [0.05, 0.1) is 12.1 Å². The SMILES string of the molecule is CC(O)(c1ccc(Cl)cc1)C(F)(F)CNC(=O)c1cc(-c2ccn3nc(N)nc3c2)c(F)cc1F. The van der Waals surface area contributed by atoms with Gasteiger partial charge in [-0.3, -0.25) is 4.79 Å². The molecule has 7 nitrogen and oxygen atoms in total. The highest BCUT2D eigenvalue weighted by atomic mass is 35.5. The molecule has 1 amide bonds. The molecule has 0 fully saturated rings. The molecule has 1 atom stereocenters. The second-order valence-corrected chi connectivity index (χ2v) is 8.40. The smallest absolute Gasteiger partial charge is 0.296 e. The van der Waals surface area contributed by atoms with Gasteiger partial charge in [-0.25, -0.2) is 22.1 Å². The number of aliphatic hydroxyl groups is 1. The lowest BCUT2D eigenvalue weighted by Crippen LogP contribution is -2.50. The first-order valence-corrected chi connectivity index (χ1v) is 10.5. The van der Waals surface area contributed by atoms with Crippen LogP contribution in [0.3, 0.4) is 0 Å². The number of pyridine rings is 1. The molecule has 0 aliphatic rings. The summed E-state index contributed by atoms with van der Waals surface area (Å²) in [5, 5.41) is 16.6. The summed E-state index contributed by atoms with van der Waals surface area (Å²) in [6.07, 6.45) is 1.44. The van der Waals surface area contributed by atoms with E-state index in [0.29, 0.717) is 6.07 Å². The molecule has 0 saturated carbocycles. The van der Waals surface area contributed by atoms with Gasteiger partial charge in [-0.05, 0) is 48.4 Å². The number of amides is 1. The number of nitrogens with zero attached hydrogens (tertiary/aromatic N) is 3. The van der Waals surface area contributed by atoms with Crippen LogP contribution in [0.15, 0.2) is 54.7 Å². The molecule has 0 aliphatic heterocycles. The molecule has 182 valence electrons. The number of aromatic nitrogens is 3. The molecule has 4 N–H and O–H groups in total. The van der Waals surface area contributed by atoms with Gasteiger partial charge in [-0.1, -0.05) is 23.7 Å². The standard InChI is InChI=1S/C23H18ClF4N5O2/c1-22(35,13-2-4-14(24)5-3-13)23(27,28)11-30-20(34)16-9-15(17(25)10-18(16)26)12-6-7-33-19(8-12)31-21(29)32-33/h2-10,35H,11H2,1H3,(H2,29,32)(H,30,34). The van der Waals surface area contributed by atoms with Gasteiger partial charge in [0.1, 0.15) is 11.6 Å². The fraction of sp³-hybridized carbons (Fsp3) is 0.174. The molecule has 0 bridgehead atoms. The fourth-order valence-electron chi connectivity index (χ4n) is 3.45. The molecule has 1 unspecified atom stereocenters. The van der Waals surface area contributed by atoms with Crippen molar-refractivity contribution in [3.8, 4) is 11.1 Å². The van der Waals surface area contributed by atoms with Gasteiger partial charge in [-0.15, -0.1) is 5.10 Å².